The van der Waals surface area contributed by atoms with Gasteiger partial charge in [-0.3, -0.25) is 14.2 Å². The molecular formula is C22H26F3N2O5P. The highest BCUT2D eigenvalue weighted by molar-refractivity contribution is 7.53. The zero-order valence-electron chi connectivity index (χ0n) is 18.2. The predicted molar refractivity (Wildman–Crippen MR) is 117 cm³/mol. The summed E-state index contributed by atoms with van der Waals surface area (Å²) < 4.78 is 62.8. The molecule has 0 saturated heterocycles. The summed E-state index contributed by atoms with van der Waals surface area (Å²) in [5.74, 6) is -1.65. The van der Waals surface area contributed by atoms with Crippen molar-refractivity contribution in [2.75, 3.05) is 13.2 Å². The van der Waals surface area contributed by atoms with Crippen LogP contribution < -0.4 is 11.1 Å². The molecule has 1 atom stereocenters. The lowest BCUT2D eigenvalue weighted by atomic mass is 9.99. The second-order valence-corrected chi connectivity index (χ2v) is 9.14. The molecule has 0 bridgehead atoms. The molecule has 0 aliphatic heterocycles. The van der Waals surface area contributed by atoms with Crippen molar-refractivity contribution < 1.29 is 36.4 Å². The second-order valence-electron chi connectivity index (χ2n) is 7.09. The number of rotatable bonds is 11. The van der Waals surface area contributed by atoms with Gasteiger partial charge in [-0.25, -0.2) is 0 Å². The van der Waals surface area contributed by atoms with Gasteiger partial charge in [-0.05, 0) is 43.2 Å². The largest absolute Gasteiger partial charge is 0.416 e. The van der Waals surface area contributed by atoms with Crippen molar-refractivity contribution in [3.63, 3.8) is 0 Å². The first-order valence-electron chi connectivity index (χ1n) is 10.2. The average molecular weight is 486 g/mol. The molecule has 3 N–H and O–H groups in total. The van der Waals surface area contributed by atoms with E-state index in [-0.39, 0.29) is 30.5 Å². The van der Waals surface area contributed by atoms with E-state index in [0.717, 1.165) is 6.07 Å². The molecule has 0 aliphatic carbocycles. The number of carbonyl (C=O) groups is 2. The summed E-state index contributed by atoms with van der Waals surface area (Å²) in [6.45, 7) is 3.82. The molecule has 0 heterocycles. The zero-order chi connectivity index (χ0) is 24.6. The number of amides is 2. The third kappa shape index (κ3) is 7.70. The minimum Gasteiger partial charge on any atom is -0.368 e. The Balaban J connectivity index is 2.14. The number of carbonyl (C=O) groups excluding carboxylic acids is 2. The van der Waals surface area contributed by atoms with E-state index >= 15 is 0 Å². The van der Waals surface area contributed by atoms with E-state index in [1.165, 1.54) is 30.3 Å². The lowest BCUT2D eigenvalue weighted by molar-refractivity contribution is -0.138. The van der Waals surface area contributed by atoms with Gasteiger partial charge in [0, 0.05) is 12.0 Å². The lowest BCUT2D eigenvalue weighted by Gasteiger charge is -2.19. The van der Waals surface area contributed by atoms with Crippen LogP contribution in [0.2, 0.25) is 0 Å². The molecule has 0 aliphatic rings. The summed E-state index contributed by atoms with van der Waals surface area (Å²) in [5, 5.41) is 2.38. The first-order valence-corrected chi connectivity index (χ1v) is 11.9. The second kappa shape index (κ2) is 11.4. The number of hydrogen-bond donors (Lipinski definition) is 2. The summed E-state index contributed by atoms with van der Waals surface area (Å²) in [7, 11) is -3.33. The van der Waals surface area contributed by atoms with Gasteiger partial charge in [0.15, 0.2) is 0 Å². The van der Waals surface area contributed by atoms with Crippen LogP contribution in [0.1, 0.15) is 40.9 Å². The Bertz CT molecular complexity index is 1000. The van der Waals surface area contributed by atoms with Crippen molar-refractivity contribution in [2.45, 2.75) is 38.6 Å². The Morgan fingerprint density at radius 1 is 1.03 bits per heavy atom. The highest BCUT2D eigenvalue weighted by Crippen LogP contribution is 2.51. The summed E-state index contributed by atoms with van der Waals surface area (Å²) in [4.78, 5) is 24.4. The van der Waals surface area contributed by atoms with Gasteiger partial charge in [0.2, 0.25) is 5.91 Å². The van der Waals surface area contributed by atoms with Crippen LogP contribution in [-0.2, 0) is 37.2 Å². The quantitative estimate of drug-likeness (QED) is 0.461. The van der Waals surface area contributed by atoms with Gasteiger partial charge < -0.3 is 20.1 Å². The van der Waals surface area contributed by atoms with Crippen LogP contribution >= 0.6 is 7.60 Å². The van der Waals surface area contributed by atoms with Gasteiger partial charge in [0.1, 0.15) is 6.04 Å². The van der Waals surface area contributed by atoms with Crippen LogP contribution in [0.5, 0.6) is 0 Å². The van der Waals surface area contributed by atoms with Crippen molar-refractivity contribution in [2.24, 2.45) is 5.73 Å². The van der Waals surface area contributed by atoms with Crippen molar-refractivity contribution in [3.8, 4) is 0 Å². The molecule has 2 aromatic rings. The van der Waals surface area contributed by atoms with Crippen LogP contribution in [0.15, 0.2) is 48.5 Å². The Labute approximate surface area is 190 Å². The Morgan fingerprint density at radius 3 is 2.12 bits per heavy atom. The molecule has 2 amide bonds. The molecule has 7 nitrogen and oxygen atoms in total. The third-order valence-electron chi connectivity index (χ3n) is 4.64. The molecular weight excluding hydrogens is 460 g/mol. The molecule has 0 fully saturated rings. The van der Waals surface area contributed by atoms with E-state index in [9.17, 15) is 27.3 Å². The fourth-order valence-corrected chi connectivity index (χ4v) is 4.87. The topological polar surface area (TPSA) is 108 Å². The Morgan fingerprint density at radius 2 is 1.61 bits per heavy atom. The Hall–Kier alpha value is -2.68. The summed E-state index contributed by atoms with van der Waals surface area (Å²) in [6, 6.07) is 9.41. The highest BCUT2D eigenvalue weighted by Gasteiger charge is 2.34. The van der Waals surface area contributed by atoms with Crippen molar-refractivity contribution in [1.29, 1.82) is 0 Å². The van der Waals surface area contributed by atoms with Gasteiger partial charge in [-0.15, -0.1) is 0 Å². The molecule has 11 heteroatoms. The smallest absolute Gasteiger partial charge is 0.368 e. The minimum atomic E-state index is -4.61. The number of hydrogen-bond acceptors (Lipinski definition) is 5. The zero-order valence-corrected chi connectivity index (χ0v) is 19.1. The maximum absolute atomic E-state index is 13.2. The van der Waals surface area contributed by atoms with Crippen molar-refractivity contribution >= 4 is 19.4 Å². The monoisotopic (exact) mass is 486 g/mol. The van der Waals surface area contributed by atoms with Crippen LogP contribution in [0.25, 0.3) is 0 Å². The van der Waals surface area contributed by atoms with Crippen molar-refractivity contribution in [1.82, 2.24) is 5.32 Å². The predicted octanol–water partition coefficient (Wildman–Crippen LogP) is 4.30. The fraction of sp³-hybridized carbons (Fsp3) is 0.364. The van der Waals surface area contributed by atoms with E-state index < -0.39 is 43.6 Å². The van der Waals surface area contributed by atoms with Gasteiger partial charge >= 0.3 is 13.8 Å². The summed E-state index contributed by atoms with van der Waals surface area (Å²) in [5.41, 5.74) is 5.02. The van der Waals surface area contributed by atoms with E-state index in [2.05, 4.69) is 5.32 Å². The normalized spacial score (nSPS) is 12.9. The molecule has 0 radical (unpaired) electrons. The first-order chi connectivity index (χ1) is 15.5. The molecule has 0 spiro atoms. The van der Waals surface area contributed by atoms with Gasteiger partial charge in [0.25, 0.3) is 5.91 Å². The van der Waals surface area contributed by atoms with Crippen molar-refractivity contribution in [3.05, 3.63) is 70.8 Å². The van der Waals surface area contributed by atoms with E-state index in [4.69, 9.17) is 14.8 Å². The summed E-state index contributed by atoms with van der Waals surface area (Å²) in [6.07, 6.45) is -5.02. The SMILES string of the molecule is CCOP(=O)(Cc1ccc(C(=O)N[C@H](Cc2ccccc2C(F)(F)F)C(N)=O)cc1)OCC. The number of halogens is 3. The molecule has 33 heavy (non-hydrogen) atoms. The number of nitrogens with one attached hydrogen (secondary N) is 1. The standard InChI is InChI=1S/C22H26F3N2O5P/c1-3-31-33(30,32-4-2)14-15-9-11-16(12-10-15)21(29)27-19(20(26)28)13-17-7-5-6-8-18(17)22(23,24)25/h5-12,19H,3-4,13-14H2,1-2H3,(H2,26,28)(H,27,29)/t19-/m1/s1. The van der Waals surface area contributed by atoms with Crippen LogP contribution in [0.3, 0.4) is 0 Å². The summed E-state index contributed by atoms with van der Waals surface area (Å²) >= 11 is 0. The number of primary amides is 1. The molecule has 180 valence electrons. The van der Waals surface area contributed by atoms with Gasteiger partial charge in [0.05, 0.1) is 24.9 Å². The number of nitrogens with two attached hydrogens (primary N) is 1. The van der Waals surface area contributed by atoms with Crippen LogP contribution in [0, 0.1) is 0 Å². The van der Waals surface area contributed by atoms with Gasteiger partial charge in [-0.1, -0.05) is 30.3 Å². The maximum atomic E-state index is 13.2. The molecule has 2 rings (SSSR count). The fourth-order valence-electron chi connectivity index (χ4n) is 3.17. The van der Waals surface area contributed by atoms with Crippen LogP contribution in [-0.4, -0.2) is 31.1 Å². The van der Waals surface area contributed by atoms with E-state index in [1.807, 2.05) is 0 Å². The molecule has 0 saturated carbocycles. The first kappa shape index (κ1) is 26.6. The molecule has 0 unspecified atom stereocenters. The Kier molecular flexibility index (Phi) is 9.22. The highest BCUT2D eigenvalue weighted by atomic mass is 31.2. The lowest BCUT2D eigenvalue weighted by Crippen LogP contribution is -2.46. The minimum absolute atomic E-state index is 0.00865. The maximum Gasteiger partial charge on any atom is 0.416 e. The average Bonchev–Trinajstić information content (AvgIpc) is 2.73. The van der Waals surface area contributed by atoms with Gasteiger partial charge in [-0.2, -0.15) is 13.2 Å². The van der Waals surface area contributed by atoms with E-state index in [0.29, 0.717) is 5.56 Å². The molecule has 2 aromatic carbocycles. The third-order valence-corrected chi connectivity index (χ3v) is 6.70. The number of benzene rings is 2. The van der Waals surface area contributed by atoms with Crippen LogP contribution in [0.4, 0.5) is 13.2 Å². The number of alkyl halides is 3. The van der Waals surface area contributed by atoms with E-state index in [1.54, 1.807) is 26.0 Å². The molecule has 0 aromatic heterocycles.